The molecule has 27 heavy (non-hydrogen) atoms. The number of carbonyl (C=O) groups is 2. The summed E-state index contributed by atoms with van der Waals surface area (Å²) >= 11 is 12.4. The molecule has 0 aromatic heterocycles. The zero-order valence-corrected chi connectivity index (χ0v) is 18.5. The Morgan fingerprint density at radius 3 is 2.00 bits per heavy atom. The monoisotopic (exact) mass is 450 g/mol. The summed E-state index contributed by atoms with van der Waals surface area (Å²) in [7, 11) is 0. The number of aryl methyl sites for hydroxylation is 1. The molecule has 0 aliphatic rings. The third-order valence-electron chi connectivity index (χ3n) is 3.72. The molecule has 148 valence electrons. The molecule has 1 unspecified atom stereocenters. The van der Waals surface area contributed by atoms with Gasteiger partial charge in [0.2, 0.25) is 0 Å². The van der Waals surface area contributed by atoms with Gasteiger partial charge in [0.05, 0.1) is 27.9 Å². The smallest absolute Gasteiger partial charge is 0.370 e. The zero-order chi connectivity index (χ0) is 18.8. The molecule has 8 heteroatoms. The standard InChI is InChI=1S/C19H20Cl2N2O2.2ClH/c1-13-9-11-14(12-10-13)17(24)22(19(2,3)4)23(21)18(25)15-7-5-6-8-16(15)20;;/h5-12H,1-4H3;2*1H. The summed E-state index contributed by atoms with van der Waals surface area (Å²) in [6.45, 7) is 7.45. The van der Waals surface area contributed by atoms with Crippen molar-refractivity contribution in [3.05, 3.63) is 70.2 Å². The average Bonchev–Trinajstić information content (AvgIpc) is 2.54. The Kier molecular flexibility index (Phi) is 9.80. The Morgan fingerprint density at radius 2 is 1.52 bits per heavy atom. The molecule has 0 saturated carbocycles. The topological polar surface area (TPSA) is 41.8 Å². The Morgan fingerprint density at radius 1 is 1.00 bits per heavy atom. The van der Waals surface area contributed by atoms with Crippen molar-refractivity contribution in [2.45, 2.75) is 33.2 Å². The van der Waals surface area contributed by atoms with Crippen LogP contribution in [0.3, 0.4) is 0 Å². The summed E-state index contributed by atoms with van der Waals surface area (Å²) in [5.74, 6) is -0.819. The van der Waals surface area contributed by atoms with Crippen molar-refractivity contribution < 1.29 is 27.0 Å². The number of amides is 2. The molecule has 0 radical (unpaired) electrons. The van der Waals surface area contributed by atoms with E-state index in [4.69, 9.17) is 23.4 Å². The van der Waals surface area contributed by atoms with Crippen LogP contribution in [0.25, 0.3) is 0 Å². The van der Waals surface area contributed by atoms with E-state index in [1.165, 1.54) is 0 Å². The number of hydrogen-bond donors (Lipinski definition) is 1. The Bertz CT molecular complexity index is 789. The van der Waals surface area contributed by atoms with Crippen LogP contribution in [0.2, 0.25) is 5.02 Å². The van der Waals surface area contributed by atoms with Gasteiger partial charge in [-0.1, -0.05) is 46.0 Å². The van der Waals surface area contributed by atoms with Crippen LogP contribution < -0.4 is 17.4 Å². The lowest BCUT2D eigenvalue weighted by atomic mass is 10.1. The maximum atomic E-state index is 13.0. The van der Waals surface area contributed by atoms with Crippen molar-refractivity contribution in [1.29, 1.82) is 0 Å². The molecule has 0 fully saturated rings. The van der Waals surface area contributed by atoms with E-state index >= 15 is 0 Å². The quantitative estimate of drug-likeness (QED) is 0.549. The summed E-state index contributed by atoms with van der Waals surface area (Å²) in [4.78, 5) is 25.8. The van der Waals surface area contributed by atoms with Crippen molar-refractivity contribution in [3.63, 3.8) is 0 Å². The van der Waals surface area contributed by atoms with E-state index in [0.29, 0.717) is 5.56 Å². The highest BCUT2D eigenvalue weighted by Crippen LogP contribution is 2.17. The predicted octanol–water partition coefficient (Wildman–Crippen LogP) is 1.11. The van der Waals surface area contributed by atoms with Crippen molar-refractivity contribution in [1.82, 2.24) is 4.53 Å². The maximum absolute atomic E-state index is 13.0. The van der Waals surface area contributed by atoms with Gasteiger partial charge in [0.25, 0.3) is 0 Å². The van der Waals surface area contributed by atoms with Gasteiger partial charge < -0.3 is 12.4 Å². The molecule has 0 saturated heterocycles. The SMILES string of the molecule is Cc1ccc(C(=O)[NH+](N(Cl)C(=O)c2ccccc2Cl)C(C)(C)C)cc1.Cl.[Cl-]. The number of quaternary nitrogens is 1. The van der Waals surface area contributed by atoms with E-state index in [1.54, 1.807) is 36.4 Å². The molecule has 0 aliphatic carbocycles. The maximum Gasteiger partial charge on any atom is 0.370 e. The van der Waals surface area contributed by atoms with Gasteiger partial charge in [-0.05, 0) is 52.0 Å². The molecule has 2 amide bonds. The molecular formula is C19H22Cl4N2O2. The summed E-state index contributed by atoms with van der Waals surface area (Å²) in [5.41, 5.74) is 1.13. The van der Waals surface area contributed by atoms with E-state index in [1.807, 2.05) is 39.8 Å². The van der Waals surface area contributed by atoms with Gasteiger partial charge in [-0.3, -0.25) is 4.79 Å². The number of benzene rings is 2. The van der Waals surface area contributed by atoms with Gasteiger partial charge in [0, 0.05) is 0 Å². The minimum Gasteiger partial charge on any atom is -1.00 e. The lowest BCUT2D eigenvalue weighted by molar-refractivity contribution is -0.951. The van der Waals surface area contributed by atoms with Gasteiger partial charge in [-0.15, -0.1) is 17.4 Å². The van der Waals surface area contributed by atoms with Crippen molar-refractivity contribution in [2.75, 3.05) is 0 Å². The number of nitrogens with zero attached hydrogens (tertiary/aromatic N) is 1. The highest BCUT2D eigenvalue weighted by atomic mass is 35.5. The highest BCUT2D eigenvalue weighted by molar-refractivity contribution is 6.35. The third kappa shape index (κ3) is 6.09. The van der Waals surface area contributed by atoms with Crippen LogP contribution in [0.15, 0.2) is 48.5 Å². The molecule has 4 nitrogen and oxygen atoms in total. The van der Waals surface area contributed by atoms with Crippen LogP contribution in [0.4, 0.5) is 0 Å². The Hall–Kier alpha value is -1.30. The summed E-state index contributed by atoms with van der Waals surface area (Å²) in [6.07, 6.45) is 0. The fourth-order valence-electron chi connectivity index (χ4n) is 2.41. The number of carbonyl (C=O) groups excluding carboxylic acids is 2. The molecule has 1 atom stereocenters. The fourth-order valence-corrected chi connectivity index (χ4v) is 3.05. The van der Waals surface area contributed by atoms with Gasteiger partial charge in [-0.25, -0.2) is 4.79 Å². The molecule has 0 aliphatic heterocycles. The first kappa shape index (κ1) is 25.7. The Balaban J connectivity index is 0.00000338. The minimum atomic E-state index is -0.638. The molecule has 0 spiro atoms. The second-order valence-electron chi connectivity index (χ2n) is 6.86. The van der Waals surface area contributed by atoms with Gasteiger partial charge in [-0.2, -0.15) is 0 Å². The Labute approximate surface area is 182 Å². The summed E-state index contributed by atoms with van der Waals surface area (Å²) < 4.78 is 0.892. The van der Waals surface area contributed by atoms with Crippen molar-refractivity contribution >= 4 is 47.6 Å². The first-order valence-electron chi connectivity index (χ1n) is 7.86. The molecule has 2 aromatic carbocycles. The van der Waals surface area contributed by atoms with Crippen LogP contribution in [-0.4, -0.2) is 21.9 Å². The molecule has 2 rings (SSSR count). The van der Waals surface area contributed by atoms with E-state index in [-0.39, 0.29) is 46.3 Å². The van der Waals surface area contributed by atoms with E-state index in [2.05, 4.69) is 0 Å². The van der Waals surface area contributed by atoms with Gasteiger partial charge >= 0.3 is 11.8 Å². The normalized spacial score (nSPS) is 11.6. The van der Waals surface area contributed by atoms with Crippen molar-refractivity contribution in [3.8, 4) is 0 Å². The minimum absolute atomic E-state index is 0. The van der Waals surface area contributed by atoms with Crippen LogP contribution in [-0.2, 0) is 0 Å². The lowest BCUT2D eigenvalue weighted by Crippen LogP contribution is -3.25. The number of halogens is 4. The third-order valence-corrected chi connectivity index (χ3v) is 4.37. The number of nitrogens with one attached hydrogen (secondary N) is 1. The van der Waals surface area contributed by atoms with E-state index < -0.39 is 11.4 Å². The molecular weight excluding hydrogens is 430 g/mol. The van der Waals surface area contributed by atoms with Gasteiger partial charge in [0.1, 0.15) is 5.54 Å². The van der Waals surface area contributed by atoms with Crippen molar-refractivity contribution in [2.24, 2.45) is 0 Å². The van der Waals surface area contributed by atoms with Crippen LogP contribution in [0.1, 0.15) is 47.1 Å². The molecule has 0 heterocycles. The number of hydrogen-bond acceptors (Lipinski definition) is 2. The fraction of sp³-hybridized carbons (Fsp3) is 0.263. The first-order valence-corrected chi connectivity index (χ1v) is 8.58. The second kappa shape index (κ2) is 10.3. The molecule has 2 aromatic rings. The zero-order valence-electron chi connectivity index (χ0n) is 15.4. The predicted molar refractivity (Wildman–Crippen MR) is 107 cm³/mol. The highest BCUT2D eigenvalue weighted by Gasteiger charge is 2.42. The van der Waals surface area contributed by atoms with Crippen LogP contribution in [0, 0.1) is 6.92 Å². The summed E-state index contributed by atoms with van der Waals surface area (Å²) in [6, 6.07) is 13.8. The molecule has 0 bridgehead atoms. The number of rotatable bonds is 2. The second-order valence-corrected chi connectivity index (χ2v) is 7.60. The largest absolute Gasteiger partial charge is 1.00 e. The van der Waals surface area contributed by atoms with E-state index in [9.17, 15) is 9.59 Å². The lowest BCUT2D eigenvalue weighted by Gasteiger charge is -2.33. The van der Waals surface area contributed by atoms with E-state index in [0.717, 1.165) is 10.1 Å². The molecule has 1 N–H and O–H groups in total. The van der Waals surface area contributed by atoms with Crippen LogP contribution >= 0.6 is 35.8 Å². The summed E-state index contributed by atoms with van der Waals surface area (Å²) in [5, 5.41) is 0.483. The van der Waals surface area contributed by atoms with Crippen LogP contribution in [0.5, 0.6) is 0 Å². The first-order chi connectivity index (χ1) is 11.6. The average molecular weight is 452 g/mol. The van der Waals surface area contributed by atoms with Gasteiger partial charge in [0.15, 0.2) is 0 Å².